The predicted octanol–water partition coefficient (Wildman–Crippen LogP) is 1.87. The number of carbonyl (C=O) groups is 1. The number of carboxylic acids is 1. The summed E-state index contributed by atoms with van der Waals surface area (Å²) in [6.45, 7) is 7.41. The first-order chi connectivity index (χ1) is 9.77. The maximum Gasteiger partial charge on any atom is 0.352 e. The number of aromatic nitrogens is 1. The molecule has 7 heteroatoms. The maximum atomic E-state index is 12.6. The van der Waals surface area contributed by atoms with Crippen LogP contribution in [-0.4, -0.2) is 41.5 Å². The van der Waals surface area contributed by atoms with Crippen LogP contribution in [0.5, 0.6) is 0 Å². The standard InChI is InChI=1S/C14H22N2O4S/c1-4-15-9-12(7-13(15)14(17)18)21(19,20)16-6-5-11(8-16)10(2)3/h7,9-11H,4-6,8H2,1-3H3,(H,17,18). The van der Waals surface area contributed by atoms with E-state index in [4.69, 9.17) is 5.11 Å². The third-order valence-corrected chi connectivity index (χ3v) is 6.03. The molecule has 2 heterocycles. The van der Waals surface area contributed by atoms with Crippen molar-refractivity contribution in [2.24, 2.45) is 11.8 Å². The molecular weight excluding hydrogens is 292 g/mol. The summed E-state index contributed by atoms with van der Waals surface area (Å²) in [7, 11) is -3.60. The normalized spacial score (nSPS) is 20.3. The van der Waals surface area contributed by atoms with Crippen molar-refractivity contribution in [1.82, 2.24) is 8.87 Å². The van der Waals surface area contributed by atoms with Crippen LogP contribution in [-0.2, 0) is 16.6 Å². The van der Waals surface area contributed by atoms with Gasteiger partial charge in [0.15, 0.2) is 0 Å². The fourth-order valence-corrected chi connectivity index (χ4v) is 4.28. The molecule has 1 aromatic rings. The van der Waals surface area contributed by atoms with E-state index in [9.17, 15) is 13.2 Å². The quantitative estimate of drug-likeness (QED) is 0.900. The average Bonchev–Trinajstić information content (AvgIpc) is 3.06. The van der Waals surface area contributed by atoms with Crippen LogP contribution < -0.4 is 0 Å². The molecule has 1 N–H and O–H groups in total. The van der Waals surface area contributed by atoms with Crippen LogP contribution in [0.3, 0.4) is 0 Å². The monoisotopic (exact) mass is 314 g/mol. The highest BCUT2D eigenvalue weighted by Crippen LogP contribution is 2.29. The van der Waals surface area contributed by atoms with Gasteiger partial charge in [-0.2, -0.15) is 4.31 Å². The number of hydrogen-bond donors (Lipinski definition) is 1. The first-order valence-electron chi connectivity index (χ1n) is 7.21. The lowest BCUT2D eigenvalue weighted by Gasteiger charge is -2.17. The summed E-state index contributed by atoms with van der Waals surface area (Å²) in [6.07, 6.45) is 2.28. The van der Waals surface area contributed by atoms with Crippen molar-refractivity contribution in [2.45, 2.75) is 38.6 Å². The molecule has 1 fully saturated rings. The Morgan fingerprint density at radius 1 is 1.48 bits per heavy atom. The highest BCUT2D eigenvalue weighted by Gasteiger charge is 2.34. The van der Waals surface area contributed by atoms with E-state index in [2.05, 4.69) is 13.8 Å². The van der Waals surface area contributed by atoms with Crippen LogP contribution in [0, 0.1) is 11.8 Å². The van der Waals surface area contributed by atoms with Crippen LogP contribution in [0.15, 0.2) is 17.2 Å². The Bertz CT molecular complexity index is 633. The number of carboxylic acid groups (broad SMARTS) is 1. The van der Waals surface area contributed by atoms with Gasteiger partial charge in [-0.05, 0) is 31.2 Å². The van der Waals surface area contributed by atoms with Gasteiger partial charge in [0.25, 0.3) is 0 Å². The minimum atomic E-state index is -3.60. The Morgan fingerprint density at radius 2 is 2.14 bits per heavy atom. The van der Waals surface area contributed by atoms with E-state index in [0.717, 1.165) is 6.42 Å². The van der Waals surface area contributed by atoms with Crippen LogP contribution in [0.25, 0.3) is 0 Å². The molecule has 1 atom stereocenters. The summed E-state index contributed by atoms with van der Waals surface area (Å²) in [5.74, 6) is -0.299. The van der Waals surface area contributed by atoms with E-state index in [1.54, 1.807) is 6.92 Å². The van der Waals surface area contributed by atoms with Crippen molar-refractivity contribution < 1.29 is 18.3 Å². The summed E-state index contributed by atoms with van der Waals surface area (Å²) in [5, 5.41) is 9.13. The number of aromatic carboxylic acids is 1. The molecule has 1 aliphatic heterocycles. The molecule has 1 saturated heterocycles. The van der Waals surface area contributed by atoms with Crippen LogP contribution in [0.2, 0.25) is 0 Å². The van der Waals surface area contributed by atoms with Crippen molar-refractivity contribution >= 4 is 16.0 Å². The fraction of sp³-hybridized carbons (Fsp3) is 0.643. The number of hydrogen-bond acceptors (Lipinski definition) is 3. The van der Waals surface area contributed by atoms with Gasteiger partial charge >= 0.3 is 5.97 Å². The zero-order chi connectivity index (χ0) is 15.8. The Labute approximate surface area is 125 Å². The van der Waals surface area contributed by atoms with Crippen LogP contribution in [0.4, 0.5) is 0 Å². The third kappa shape index (κ3) is 2.98. The SMILES string of the molecule is CCn1cc(S(=O)(=O)N2CCC(C(C)C)C2)cc1C(=O)O. The summed E-state index contributed by atoms with van der Waals surface area (Å²) in [6, 6.07) is 1.25. The Morgan fingerprint density at radius 3 is 2.57 bits per heavy atom. The van der Waals surface area contributed by atoms with Crippen molar-refractivity contribution in [3.05, 3.63) is 18.0 Å². The van der Waals surface area contributed by atoms with Crippen molar-refractivity contribution in [3.8, 4) is 0 Å². The van der Waals surface area contributed by atoms with E-state index in [1.807, 2.05) is 0 Å². The first-order valence-corrected chi connectivity index (χ1v) is 8.65. The lowest BCUT2D eigenvalue weighted by atomic mass is 9.96. The van der Waals surface area contributed by atoms with E-state index in [-0.39, 0.29) is 10.6 Å². The summed E-state index contributed by atoms with van der Waals surface area (Å²) in [4.78, 5) is 11.2. The van der Waals surface area contributed by atoms with Gasteiger partial charge in [-0.15, -0.1) is 0 Å². The average molecular weight is 314 g/mol. The lowest BCUT2D eigenvalue weighted by Crippen LogP contribution is -2.29. The highest BCUT2D eigenvalue weighted by molar-refractivity contribution is 7.89. The van der Waals surface area contributed by atoms with Gasteiger partial charge in [-0.3, -0.25) is 0 Å². The summed E-state index contributed by atoms with van der Waals surface area (Å²) >= 11 is 0. The van der Waals surface area contributed by atoms with Gasteiger partial charge in [0, 0.05) is 25.8 Å². The molecule has 1 unspecified atom stereocenters. The predicted molar refractivity (Wildman–Crippen MR) is 78.8 cm³/mol. The van der Waals surface area contributed by atoms with Gasteiger partial charge in [0.2, 0.25) is 10.0 Å². The number of sulfonamides is 1. The first kappa shape index (κ1) is 16.0. The topological polar surface area (TPSA) is 79.6 Å². The van der Waals surface area contributed by atoms with Gasteiger partial charge in [-0.25, -0.2) is 13.2 Å². The molecule has 0 spiro atoms. The van der Waals surface area contributed by atoms with Crippen molar-refractivity contribution in [2.75, 3.05) is 13.1 Å². The van der Waals surface area contributed by atoms with E-state index >= 15 is 0 Å². The van der Waals surface area contributed by atoms with Gasteiger partial charge < -0.3 is 9.67 Å². The molecule has 118 valence electrons. The van der Waals surface area contributed by atoms with Crippen molar-refractivity contribution in [3.63, 3.8) is 0 Å². The molecule has 21 heavy (non-hydrogen) atoms. The second-order valence-electron chi connectivity index (χ2n) is 5.81. The highest BCUT2D eigenvalue weighted by atomic mass is 32.2. The van der Waals surface area contributed by atoms with Crippen LogP contribution in [0.1, 0.15) is 37.7 Å². The lowest BCUT2D eigenvalue weighted by molar-refractivity contribution is 0.0685. The largest absolute Gasteiger partial charge is 0.477 e. The fourth-order valence-electron chi connectivity index (χ4n) is 2.73. The molecule has 0 aliphatic carbocycles. The number of aryl methyl sites for hydroxylation is 1. The van der Waals surface area contributed by atoms with Crippen LogP contribution >= 0.6 is 0 Å². The van der Waals surface area contributed by atoms with E-state index < -0.39 is 16.0 Å². The second-order valence-corrected chi connectivity index (χ2v) is 7.75. The Kier molecular flexibility index (Phi) is 4.43. The third-order valence-electron chi connectivity index (χ3n) is 4.20. The molecule has 2 rings (SSSR count). The van der Waals surface area contributed by atoms with Gasteiger partial charge in [0.1, 0.15) is 10.6 Å². The van der Waals surface area contributed by atoms with Gasteiger partial charge in [-0.1, -0.05) is 13.8 Å². The summed E-state index contributed by atoms with van der Waals surface area (Å²) < 4.78 is 28.2. The second kappa shape index (κ2) is 5.81. The molecule has 0 radical (unpaired) electrons. The molecule has 1 aromatic heterocycles. The molecule has 0 bridgehead atoms. The Hall–Kier alpha value is -1.34. The molecular formula is C14H22N2O4S. The smallest absolute Gasteiger partial charge is 0.352 e. The number of rotatable bonds is 5. The maximum absolute atomic E-state index is 12.6. The minimum absolute atomic E-state index is 0.00989. The number of nitrogens with zero attached hydrogens (tertiary/aromatic N) is 2. The van der Waals surface area contributed by atoms with Gasteiger partial charge in [0.05, 0.1) is 0 Å². The zero-order valence-corrected chi connectivity index (χ0v) is 13.4. The zero-order valence-electron chi connectivity index (χ0n) is 12.6. The minimum Gasteiger partial charge on any atom is -0.477 e. The Balaban J connectivity index is 2.31. The summed E-state index contributed by atoms with van der Waals surface area (Å²) in [5.41, 5.74) is 0.00989. The molecule has 0 saturated carbocycles. The van der Waals surface area contributed by atoms with E-state index in [0.29, 0.717) is 31.5 Å². The molecule has 0 aromatic carbocycles. The molecule has 0 amide bonds. The molecule has 6 nitrogen and oxygen atoms in total. The van der Waals surface area contributed by atoms with Crippen molar-refractivity contribution in [1.29, 1.82) is 0 Å². The molecule has 1 aliphatic rings. The van der Waals surface area contributed by atoms with E-state index in [1.165, 1.54) is 21.1 Å².